The van der Waals surface area contributed by atoms with Crippen LogP contribution in [0.1, 0.15) is 33.1 Å². The summed E-state index contributed by atoms with van der Waals surface area (Å²) in [5.74, 6) is 0. The average molecular weight is 208 g/mol. The van der Waals surface area contributed by atoms with E-state index in [-0.39, 0.29) is 0 Å². The lowest BCUT2D eigenvalue weighted by atomic mass is 10.4. The van der Waals surface area contributed by atoms with Crippen molar-refractivity contribution in [2.45, 2.75) is 39.7 Å². The second kappa shape index (κ2) is 7.52. The van der Waals surface area contributed by atoms with E-state index in [4.69, 9.17) is 0 Å². The molecule has 1 saturated heterocycles. The van der Waals surface area contributed by atoms with Crippen molar-refractivity contribution in [3.8, 4) is 0 Å². The molecule has 0 aromatic carbocycles. The molecule has 1 fully saturated rings. The van der Waals surface area contributed by atoms with Crippen molar-refractivity contribution in [2.75, 3.05) is 19.6 Å². The van der Waals surface area contributed by atoms with Crippen LogP contribution in [0.15, 0.2) is 24.5 Å². The van der Waals surface area contributed by atoms with Gasteiger partial charge >= 0.3 is 0 Å². The summed E-state index contributed by atoms with van der Waals surface area (Å²) in [5, 5.41) is 0. The lowest BCUT2D eigenvalue weighted by molar-refractivity contribution is 0.359. The van der Waals surface area contributed by atoms with Gasteiger partial charge in [0.25, 0.3) is 0 Å². The summed E-state index contributed by atoms with van der Waals surface area (Å²) in [6, 6.07) is 4.10. The molecule has 2 nitrogen and oxygen atoms in total. The van der Waals surface area contributed by atoms with Crippen molar-refractivity contribution in [3.05, 3.63) is 24.5 Å². The zero-order valence-electron chi connectivity index (χ0n) is 10.2. The first-order valence-electron chi connectivity index (χ1n) is 6.20. The monoisotopic (exact) mass is 208 g/mol. The summed E-state index contributed by atoms with van der Waals surface area (Å²) in [6.45, 7) is 9.49. The van der Waals surface area contributed by atoms with Gasteiger partial charge in [0, 0.05) is 18.9 Å². The van der Waals surface area contributed by atoms with Crippen LogP contribution in [0, 0.1) is 0 Å². The van der Waals surface area contributed by atoms with Gasteiger partial charge in [0.1, 0.15) is 0 Å². The molecule has 1 aromatic heterocycles. The van der Waals surface area contributed by atoms with E-state index >= 15 is 0 Å². The molecule has 2 heteroatoms. The van der Waals surface area contributed by atoms with Crippen molar-refractivity contribution >= 4 is 0 Å². The zero-order chi connectivity index (χ0) is 10.9. The highest BCUT2D eigenvalue weighted by Crippen LogP contribution is 2.04. The van der Waals surface area contributed by atoms with Crippen LogP contribution in [-0.2, 0) is 6.54 Å². The molecule has 0 atom stereocenters. The molecule has 0 amide bonds. The molecular weight excluding hydrogens is 184 g/mol. The van der Waals surface area contributed by atoms with Crippen molar-refractivity contribution in [3.63, 3.8) is 0 Å². The lowest BCUT2D eigenvalue weighted by Crippen LogP contribution is -2.17. The molecule has 1 aliphatic rings. The average Bonchev–Trinajstić information content (AvgIpc) is 2.91. The molecule has 1 aromatic rings. The standard InChI is InChI=1S/C7H11N.C6H13N/c1-2-5-8-6-3-4-7-8;1-2-7-5-3-4-6-7/h3-4,6-7H,2,5H2,1H3;2-6H2,1H3. The first-order valence-corrected chi connectivity index (χ1v) is 6.20. The minimum absolute atomic E-state index is 1.15. The van der Waals surface area contributed by atoms with Gasteiger partial charge in [-0.3, -0.25) is 0 Å². The predicted molar refractivity (Wildman–Crippen MR) is 66.1 cm³/mol. The Hall–Kier alpha value is -0.760. The maximum atomic E-state index is 2.49. The lowest BCUT2D eigenvalue weighted by Gasteiger charge is -2.08. The van der Waals surface area contributed by atoms with Crippen molar-refractivity contribution in [1.82, 2.24) is 9.47 Å². The van der Waals surface area contributed by atoms with E-state index in [0.717, 1.165) is 6.54 Å². The van der Waals surface area contributed by atoms with Gasteiger partial charge in [0.2, 0.25) is 0 Å². The second-order valence-corrected chi connectivity index (χ2v) is 4.06. The van der Waals surface area contributed by atoms with Crippen LogP contribution >= 0.6 is 0 Å². The van der Waals surface area contributed by atoms with Gasteiger partial charge < -0.3 is 9.47 Å². The minimum Gasteiger partial charge on any atom is -0.354 e. The Kier molecular flexibility index (Phi) is 6.17. The first-order chi connectivity index (χ1) is 7.36. The van der Waals surface area contributed by atoms with Crippen LogP contribution in [0.5, 0.6) is 0 Å². The van der Waals surface area contributed by atoms with Crippen LogP contribution < -0.4 is 0 Å². The van der Waals surface area contributed by atoms with Gasteiger partial charge in [0.05, 0.1) is 0 Å². The van der Waals surface area contributed by atoms with E-state index in [1.807, 2.05) is 0 Å². The molecular formula is C13H24N2. The fourth-order valence-corrected chi connectivity index (χ4v) is 1.88. The van der Waals surface area contributed by atoms with E-state index in [1.165, 1.54) is 38.9 Å². The Morgan fingerprint density at radius 3 is 2.00 bits per heavy atom. The van der Waals surface area contributed by atoms with Gasteiger partial charge in [0.15, 0.2) is 0 Å². The SMILES string of the molecule is CCCn1cccc1.CCN1CCCC1. The predicted octanol–water partition coefficient (Wildman–Crippen LogP) is 3.00. The number of nitrogens with zero attached hydrogens (tertiary/aromatic N) is 2. The third-order valence-corrected chi connectivity index (χ3v) is 2.79. The molecule has 2 rings (SSSR count). The Balaban J connectivity index is 0.000000151. The first kappa shape index (κ1) is 12.3. The van der Waals surface area contributed by atoms with E-state index in [9.17, 15) is 0 Å². The van der Waals surface area contributed by atoms with Crippen LogP contribution in [0.25, 0.3) is 0 Å². The van der Waals surface area contributed by atoms with Gasteiger partial charge in [-0.25, -0.2) is 0 Å². The number of hydrogen-bond acceptors (Lipinski definition) is 1. The molecule has 2 heterocycles. The third kappa shape index (κ3) is 5.03. The van der Waals surface area contributed by atoms with Crippen LogP contribution in [0.3, 0.4) is 0 Å². The maximum absolute atomic E-state index is 2.49. The van der Waals surface area contributed by atoms with Crippen LogP contribution in [-0.4, -0.2) is 29.1 Å². The van der Waals surface area contributed by atoms with Crippen LogP contribution in [0.4, 0.5) is 0 Å². The summed E-state index contributed by atoms with van der Waals surface area (Å²) >= 11 is 0. The second-order valence-electron chi connectivity index (χ2n) is 4.06. The normalized spacial score (nSPS) is 16.1. The fourth-order valence-electron chi connectivity index (χ4n) is 1.88. The highest BCUT2D eigenvalue weighted by molar-refractivity contribution is 4.89. The molecule has 0 saturated carbocycles. The maximum Gasteiger partial charge on any atom is 0.0216 e. The van der Waals surface area contributed by atoms with Gasteiger partial charge in [-0.05, 0) is 51.0 Å². The quantitative estimate of drug-likeness (QED) is 0.741. The smallest absolute Gasteiger partial charge is 0.0216 e. The van der Waals surface area contributed by atoms with E-state index < -0.39 is 0 Å². The van der Waals surface area contributed by atoms with E-state index in [2.05, 4.69) is 47.8 Å². The van der Waals surface area contributed by atoms with Crippen molar-refractivity contribution in [2.24, 2.45) is 0 Å². The highest BCUT2D eigenvalue weighted by Gasteiger charge is 2.06. The van der Waals surface area contributed by atoms with Gasteiger partial charge in [-0.1, -0.05) is 13.8 Å². The van der Waals surface area contributed by atoms with Gasteiger partial charge in [-0.2, -0.15) is 0 Å². The molecule has 0 N–H and O–H groups in total. The topological polar surface area (TPSA) is 8.17 Å². The van der Waals surface area contributed by atoms with Crippen molar-refractivity contribution < 1.29 is 0 Å². The largest absolute Gasteiger partial charge is 0.354 e. The Morgan fingerprint density at radius 1 is 1.00 bits per heavy atom. The van der Waals surface area contributed by atoms with Crippen LogP contribution in [0.2, 0.25) is 0 Å². The number of aryl methyl sites for hydroxylation is 1. The number of aromatic nitrogens is 1. The number of likely N-dealkylation sites (tertiary alicyclic amines) is 1. The third-order valence-electron chi connectivity index (χ3n) is 2.79. The highest BCUT2D eigenvalue weighted by atomic mass is 15.1. The van der Waals surface area contributed by atoms with Crippen molar-refractivity contribution in [1.29, 1.82) is 0 Å². The molecule has 15 heavy (non-hydrogen) atoms. The Morgan fingerprint density at radius 2 is 1.60 bits per heavy atom. The molecule has 0 bridgehead atoms. The molecule has 0 unspecified atom stereocenters. The minimum atomic E-state index is 1.15. The molecule has 86 valence electrons. The van der Waals surface area contributed by atoms with E-state index in [0.29, 0.717) is 0 Å². The molecule has 1 aliphatic heterocycles. The number of hydrogen-bond donors (Lipinski definition) is 0. The summed E-state index contributed by atoms with van der Waals surface area (Å²) in [5.41, 5.74) is 0. The molecule has 0 radical (unpaired) electrons. The fraction of sp³-hybridized carbons (Fsp3) is 0.692. The summed E-state index contributed by atoms with van der Waals surface area (Å²) in [4.78, 5) is 2.49. The molecule has 0 aliphatic carbocycles. The van der Waals surface area contributed by atoms with Gasteiger partial charge in [-0.15, -0.1) is 0 Å². The number of rotatable bonds is 3. The Bertz CT molecular complexity index is 223. The Labute approximate surface area is 93.9 Å². The zero-order valence-corrected chi connectivity index (χ0v) is 10.2. The summed E-state index contributed by atoms with van der Waals surface area (Å²) < 4.78 is 2.18. The summed E-state index contributed by atoms with van der Waals surface area (Å²) in [7, 11) is 0. The summed E-state index contributed by atoms with van der Waals surface area (Å²) in [6.07, 6.45) is 8.24. The molecule has 0 spiro atoms. The van der Waals surface area contributed by atoms with E-state index in [1.54, 1.807) is 0 Å².